The Morgan fingerprint density at radius 2 is 1.76 bits per heavy atom. The second-order valence-electron chi connectivity index (χ2n) is 4.59. The summed E-state index contributed by atoms with van der Waals surface area (Å²) in [6.07, 6.45) is 5.88. The first-order chi connectivity index (χ1) is 8.24. The van der Waals surface area contributed by atoms with Crippen molar-refractivity contribution in [3.05, 3.63) is 26.7 Å². The average Bonchev–Trinajstić information content (AvgIpc) is 2.74. The van der Waals surface area contributed by atoms with Crippen molar-refractivity contribution in [3.8, 4) is 0 Å². The second kappa shape index (κ2) is 3.87. The van der Waals surface area contributed by atoms with Gasteiger partial charge >= 0.3 is 5.69 Å². The number of nitrogens with zero attached hydrogens (tertiary/aromatic N) is 1. The molecule has 0 amide bonds. The van der Waals surface area contributed by atoms with Crippen LogP contribution in [-0.4, -0.2) is 19.9 Å². The van der Waals surface area contributed by atoms with Gasteiger partial charge in [-0.05, 0) is 12.8 Å². The lowest BCUT2D eigenvalue weighted by Gasteiger charge is -2.18. The molecule has 0 atom stereocenters. The maximum atomic E-state index is 11.5. The van der Waals surface area contributed by atoms with Crippen molar-refractivity contribution in [2.75, 3.05) is 0 Å². The molecule has 2 heterocycles. The zero-order chi connectivity index (χ0) is 11.8. The number of imidazole rings is 1. The third-order valence-corrected chi connectivity index (χ3v) is 3.40. The van der Waals surface area contributed by atoms with Crippen LogP contribution in [0.4, 0.5) is 0 Å². The van der Waals surface area contributed by atoms with Gasteiger partial charge in [-0.3, -0.25) is 14.8 Å². The van der Waals surface area contributed by atoms with Crippen LogP contribution in [0.5, 0.6) is 0 Å². The molecule has 6 nitrogen and oxygen atoms in total. The Morgan fingerprint density at radius 1 is 1.00 bits per heavy atom. The first-order valence-corrected chi connectivity index (χ1v) is 5.96. The molecule has 0 unspecified atom stereocenters. The number of nitrogens with one attached hydrogen (secondary N) is 3. The van der Waals surface area contributed by atoms with Crippen LogP contribution in [0, 0.1) is 0 Å². The van der Waals surface area contributed by atoms with Gasteiger partial charge in [0.15, 0.2) is 5.65 Å². The first kappa shape index (κ1) is 10.3. The third kappa shape index (κ3) is 1.79. The molecular formula is C11H14N4O2. The molecule has 1 fully saturated rings. The molecule has 1 aliphatic carbocycles. The SMILES string of the molecule is O=c1[nH]c(=O)c2[nH]c(C3CCCCC3)nc2[nH]1. The van der Waals surface area contributed by atoms with Crippen LogP contribution >= 0.6 is 0 Å². The first-order valence-electron chi connectivity index (χ1n) is 5.96. The van der Waals surface area contributed by atoms with Crippen molar-refractivity contribution in [1.29, 1.82) is 0 Å². The summed E-state index contributed by atoms with van der Waals surface area (Å²) in [5, 5.41) is 0. The second-order valence-corrected chi connectivity index (χ2v) is 4.59. The van der Waals surface area contributed by atoms with Gasteiger partial charge in [0.1, 0.15) is 11.3 Å². The normalized spacial score (nSPS) is 17.6. The summed E-state index contributed by atoms with van der Waals surface area (Å²) in [6.45, 7) is 0. The van der Waals surface area contributed by atoms with E-state index >= 15 is 0 Å². The smallest absolute Gasteiger partial charge is 0.327 e. The van der Waals surface area contributed by atoms with E-state index in [2.05, 4.69) is 19.9 Å². The third-order valence-electron chi connectivity index (χ3n) is 3.40. The quantitative estimate of drug-likeness (QED) is 0.686. The number of hydrogen-bond donors (Lipinski definition) is 3. The lowest BCUT2D eigenvalue weighted by Crippen LogP contribution is -2.21. The van der Waals surface area contributed by atoms with Crippen LogP contribution in [0.3, 0.4) is 0 Å². The van der Waals surface area contributed by atoms with Crippen molar-refractivity contribution >= 4 is 11.2 Å². The predicted octanol–water partition coefficient (Wildman–Crippen LogP) is 0.987. The van der Waals surface area contributed by atoms with Crippen LogP contribution in [-0.2, 0) is 0 Å². The monoisotopic (exact) mass is 234 g/mol. The van der Waals surface area contributed by atoms with E-state index in [9.17, 15) is 9.59 Å². The zero-order valence-corrected chi connectivity index (χ0v) is 9.38. The van der Waals surface area contributed by atoms with E-state index in [1.54, 1.807) is 0 Å². The fourth-order valence-corrected chi connectivity index (χ4v) is 2.52. The van der Waals surface area contributed by atoms with Crippen LogP contribution in [0.25, 0.3) is 11.2 Å². The molecule has 1 aliphatic rings. The molecule has 0 radical (unpaired) electrons. The largest absolute Gasteiger partial charge is 0.336 e. The van der Waals surface area contributed by atoms with Crippen molar-refractivity contribution in [3.63, 3.8) is 0 Å². The van der Waals surface area contributed by atoms with Crippen LogP contribution in [0.15, 0.2) is 9.59 Å². The Bertz CT molecular complexity index is 645. The van der Waals surface area contributed by atoms with Gasteiger partial charge in [-0.15, -0.1) is 0 Å². The highest BCUT2D eigenvalue weighted by Gasteiger charge is 2.19. The number of hydrogen-bond acceptors (Lipinski definition) is 3. The Balaban J connectivity index is 2.09. The summed E-state index contributed by atoms with van der Waals surface area (Å²) >= 11 is 0. The Labute approximate surface area is 96.5 Å². The number of fused-ring (bicyclic) bond motifs is 1. The van der Waals surface area contributed by atoms with Gasteiger partial charge in [-0.1, -0.05) is 19.3 Å². The number of rotatable bonds is 1. The fraction of sp³-hybridized carbons (Fsp3) is 0.545. The van der Waals surface area contributed by atoms with E-state index in [4.69, 9.17) is 0 Å². The van der Waals surface area contributed by atoms with Crippen molar-refractivity contribution in [1.82, 2.24) is 19.9 Å². The van der Waals surface area contributed by atoms with Crippen LogP contribution in [0.2, 0.25) is 0 Å². The Hall–Kier alpha value is -1.85. The summed E-state index contributed by atoms with van der Waals surface area (Å²) in [6, 6.07) is 0. The molecule has 17 heavy (non-hydrogen) atoms. The molecule has 0 saturated heterocycles. The Morgan fingerprint density at radius 3 is 2.53 bits per heavy atom. The van der Waals surface area contributed by atoms with Crippen molar-refractivity contribution in [2.45, 2.75) is 38.0 Å². The molecule has 1 saturated carbocycles. The highest BCUT2D eigenvalue weighted by Crippen LogP contribution is 2.31. The highest BCUT2D eigenvalue weighted by molar-refractivity contribution is 5.68. The summed E-state index contributed by atoms with van der Waals surface area (Å²) in [5.74, 6) is 1.21. The van der Waals surface area contributed by atoms with Crippen molar-refractivity contribution in [2.24, 2.45) is 0 Å². The minimum absolute atomic E-state index is 0.360. The molecular weight excluding hydrogens is 220 g/mol. The van der Waals surface area contributed by atoms with E-state index in [0.29, 0.717) is 17.1 Å². The van der Waals surface area contributed by atoms with E-state index < -0.39 is 11.2 Å². The predicted molar refractivity (Wildman–Crippen MR) is 63.2 cm³/mol. The molecule has 0 aromatic carbocycles. The summed E-state index contributed by atoms with van der Waals surface area (Å²) in [4.78, 5) is 34.8. The van der Waals surface area contributed by atoms with Gasteiger partial charge < -0.3 is 4.98 Å². The minimum Gasteiger partial charge on any atom is -0.336 e. The van der Waals surface area contributed by atoms with Crippen molar-refractivity contribution < 1.29 is 0 Å². The van der Waals surface area contributed by atoms with E-state index in [0.717, 1.165) is 18.7 Å². The molecule has 2 aromatic rings. The van der Waals surface area contributed by atoms with Crippen LogP contribution < -0.4 is 11.2 Å². The van der Waals surface area contributed by atoms with Crippen LogP contribution in [0.1, 0.15) is 43.8 Å². The highest BCUT2D eigenvalue weighted by atomic mass is 16.2. The molecule has 6 heteroatoms. The van der Waals surface area contributed by atoms with Gasteiger partial charge in [-0.25, -0.2) is 9.78 Å². The Kier molecular flexibility index (Phi) is 2.35. The molecule has 90 valence electrons. The maximum absolute atomic E-state index is 11.5. The molecule has 0 bridgehead atoms. The maximum Gasteiger partial charge on any atom is 0.327 e. The number of aromatic nitrogens is 4. The standard InChI is InChI=1S/C11H14N4O2/c16-10-7-9(14-11(17)15-10)13-8(12-7)6-4-2-1-3-5-6/h6H,1-5H2,(H3,12,13,14,15,16,17). The zero-order valence-electron chi connectivity index (χ0n) is 9.38. The minimum atomic E-state index is -0.510. The molecule has 3 N–H and O–H groups in total. The van der Waals surface area contributed by atoms with E-state index in [1.165, 1.54) is 19.3 Å². The molecule has 0 aliphatic heterocycles. The summed E-state index contributed by atoms with van der Waals surface area (Å²) in [7, 11) is 0. The van der Waals surface area contributed by atoms with Gasteiger partial charge in [0.05, 0.1) is 0 Å². The molecule has 2 aromatic heterocycles. The molecule has 0 spiro atoms. The van der Waals surface area contributed by atoms with Gasteiger partial charge in [0, 0.05) is 5.92 Å². The van der Waals surface area contributed by atoms with Gasteiger partial charge in [-0.2, -0.15) is 0 Å². The van der Waals surface area contributed by atoms with Gasteiger partial charge in [0.2, 0.25) is 0 Å². The topological polar surface area (TPSA) is 94.4 Å². The average molecular weight is 234 g/mol. The lowest BCUT2D eigenvalue weighted by molar-refractivity contribution is 0.431. The van der Waals surface area contributed by atoms with Gasteiger partial charge in [0.25, 0.3) is 5.56 Å². The molecule has 3 rings (SSSR count). The number of aromatic amines is 3. The van der Waals surface area contributed by atoms with E-state index in [1.807, 2.05) is 0 Å². The lowest BCUT2D eigenvalue weighted by atomic mass is 9.89. The fourth-order valence-electron chi connectivity index (χ4n) is 2.52. The summed E-state index contributed by atoms with van der Waals surface area (Å²) < 4.78 is 0. The summed E-state index contributed by atoms with van der Waals surface area (Å²) in [5.41, 5.74) is -0.188. The van der Waals surface area contributed by atoms with E-state index in [-0.39, 0.29) is 0 Å². The number of H-pyrrole nitrogens is 3.